The van der Waals surface area contributed by atoms with Crippen LogP contribution >= 0.6 is 0 Å². The summed E-state index contributed by atoms with van der Waals surface area (Å²) in [5, 5.41) is 22.1. The highest BCUT2D eigenvalue weighted by Crippen LogP contribution is 2.35. The molecule has 0 saturated carbocycles. The van der Waals surface area contributed by atoms with Gasteiger partial charge < -0.3 is 19.7 Å². The number of rotatable bonds is 6. The lowest BCUT2D eigenvalue weighted by Crippen LogP contribution is -2.30. The maximum Gasteiger partial charge on any atom is 0.338 e. The van der Waals surface area contributed by atoms with Gasteiger partial charge in [-0.3, -0.25) is 0 Å². The molecule has 0 spiro atoms. The Morgan fingerprint density at radius 3 is 2.50 bits per heavy atom. The zero-order valence-electron chi connectivity index (χ0n) is 12.7. The highest BCUT2D eigenvalue weighted by atomic mass is 16.5. The molecule has 2 atom stereocenters. The van der Waals surface area contributed by atoms with Crippen molar-refractivity contribution in [1.82, 2.24) is 0 Å². The van der Waals surface area contributed by atoms with Crippen molar-refractivity contribution in [3.8, 4) is 5.75 Å². The molecule has 2 aromatic rings. The Hall–Kier alpha value is -2.11. The Morgan fingerprint density at radius 1 is 1.09 bits per heavy atom. The third-order valence-corrected chi connectivity index (χ3v) is 3.35. The topological polar surface area (TPSA) is 76.0 Å². The fraction of sp³-hybridized carbons (Fsp3) is 0.353. The number of benzene rings is 2. The van der Waals surface area contributed by atoms with Crippen LogP contribution in [0.5, 0.6) is 5.75 Å². The second-order valence-electron chi connectivity index (χ2n) is 4.77. The van der Waals surface area contributed by atoms with E-state index in [0.29, 0.717) is 17.9 Å². The minimum absolute atomic E-state index is 0.135. The maximum absolute atomic E-state index is 11.7. The van der Waals surface area contributed by atoms with Crippen molar-refractivity contribution in [2.45, 2.75) is 26.1 Å². The van der Waals surface area contributed by atoms with Crippen molar-refractivity contribution in [2.75, 3.05) is 13.2 Å². The predicted molar refractivity (Wildman–Crippen MR) is 82.7 cm³/mol. The van der Waals surface area contributed by atoms with E-state index < -0.39 is 18.2 Å². The van der Waals surface area contributed by atoms with E-state index in [0.717, 1.165) is 10.8 Å². The minimum Gasteiger partial charge on any atom is -0.493 e. The van der Waals surface area contributed by atoms with Gasteiger partial charge in [0, 0.05) is 5.56 Å². The summed E-state index contributed by atoms with van der Waals surface area (Å²) in [4.78, 5) is 11.7. The average molecular weight is 304 g/mol. The Kier molecular flexibility index (Phi) is 5.35. The second-order valence-corrected chi connectivity index (χ2v) is 4.77. The average Bonchev–Trinajstić information content (AvgIpc) is 2.53. The van der Waals surface area contributed by atoms with Crippen LogP contribution < -0.4 is 4.74 Å². The van der Waals surface area contributed by atoms with Crippen LogP contribution in [0.15, 0.2) is 36.4 Å². The van der Waals surface area contributed by atoms with Gasteiger partial charge in [-0.1, -0.05) is 30.3 Å². The third-order valence-electron chi connectivity index (χ3n) is 3.35. The van der Waals surface area contributed by atoms with Crippen molar-refractivity contribution in [3.05, 3.63) is 42.0 Å². The summed E-state index contributed by atoms with van der Waals surface area (Å²) in [5.41, 5.74) is 0.389. The van der Waals surface area contributed by atoms with Crippen LogP contribution in [0.3, 0.4) is 0 Å². The zero-order valence-corrected chi connectivity index (χ0v) is 12.7. The molecule has 0 saturated heterocycles. The SMILES string of the molecule is CCOC(=O)C(O)C(O)c1c(OCC)ccc2ccccc12. The second kappa shape index (κ2) is 7.24. The Bertz CT molecular complexity index is 653. The van der Waals surface area contributed by atoms with Crippen LogP contribution in [-0.2, 0) is 9.53 Å². The molecule has 0 aliphatic heterocycles. The molecule has 118 valence electrons. The number of hydrogen-bond acceptors (Lipinski definition) is 5. The molecular formula is C17H20O5. The van der Waals surface area contributed by atoms with Gasteiger partial charge in [0.15, 0.2) is 6.10 Å². The Morgan fingerprint density at radius 2 is 1.82 bits per heavy atom. The molecule has 2 rings (SSSR count). The molecule has 2 aromatic carbocycles. The van der Waals surface area contributed by atoms with Crippen LogP contribution in [-0.4, -0.2) is 35.5 Å². The van der Waals surface area contributed by atoms with Gasteiger partial charge in [-0.25, -0.2) is 4.79 Å². The number of aliphatic hydroxyl groups is 2. The van der Waals surface area contributed by atoms with Crippen LogP contribution in [0, 0.1) is 0 Å². The number of fused-ring (bicyclic) bond motifs is 1. The third kappa shape index (κ3) is 3.21. The van der Waals surface area contributed by atoms with Gasteiger partial charge in [-0.2, -0.15) is 0 Å². The lowest BCUT2D eigenvalue weighted by molar-refractivity contribution is -0.159. The lowest BCUT2D eigenvalue weighted by Gasteiger charge is -2.21. The van der Waals surface area contributed by atoms with Gasteiger partial charge in [0.1, 0.15) is 11.9 Å². The standard InChI is InChI=1S/C17H20O5/c1-3-21-13-10-9-11-7-5-6-8-12(11)14(13)15(18)16(19)17(20)22-4-2/h5-10,15-16,18-19H,3-4H2,1-2H3. The largest absolute Gasteiger partial charge is 0.493 e. The summed E-state index contributed by atoms with van der Waals surface area (Å²) in [6, 6.07) is 11.0. The summed E-state index contributed by atoms with van der Waals surface area (Å²) in [7, 11) is 0. The van der Waals surface area contributed by atoms with Crippen molar-refractivity contribution in [2.24, 2.45) is 0 Å². The van der Waals surface area contributed by atoms with Crippen molar-refractivity contribution >= 4 is 16.7 Å². The number of aliphatic hydroxyl groups excluding tert-OH is 2. The van der Waals surface area contributed by atoms with Gasteiger partial charge in [-0.15, -0.1) is 0 Å². The number of carbonyl (C=O) groups excluding carboxylic acids is 1. The Balaban J connectivity index is 2.50. The minimum atomic E-state index is -1.66. The first-order valence-electron chi connectivity index (χ1n) is 7.27. The first-order valence-corrected chi connectivity index (χ1v) is 7.27. The summed E-state index contributed by atoms with van der Waals surface area (Å²) in [5.74, 6) is -0.414. The zero-order chi connectivity index (χ0) is 16.1. The predicted octanol–water partition coefficient (Wildman–Crippen LogP) is 2.20. The van der Waals surface area contributed by atoms with E-state index in [1.165, 1.54) is 0 Å². The van der Waals surface area contributed by atoms with Gasteiger partial charge >= 0.3 is 5.97 Å². The fourth-order valence-corrected chi connectivity index (χ4v) is 2.38. The van der Waals surface area contributed by atoms with Gasteiger partial charge in [-0.05, 0) is 30.7 Å². The van der Waals surface area contributed by atoms with E-state index in [4.69, 9.17) is 9.47 Å². The number of hydrogen-bond donors (Lipinski definition) is 2. The van der Waals surface area contributed by atoms with Crippen LogP contribution in [0.4, 0.5) is 0 Å². The maximum atomic E-state index is 11.7. The first-order chi connectivity index (χ1) is 10.6. The molecule has 2 N–H and O–H groups in total. The number of carbonyl (C=O) groups is 1. The van der Waals surface area contributed by atoms with E-state index in [2.05, 4.69) is 0 Å². The highest BCUT2D eigenvalue weighted by Gasteiger charge is 2.30. The molecule has 0 amide bonds. The van der Waals surface area contributed by atoms with E-state index in [-0.39, 0.29) is 6.61 Å². The molecule has 5 heteroatoms. The van der Waals surface area contributed by atoms with Crippen molar-refractivity contribution < 1.29 is 24.5 Å². The van der Waals surface area contributed by atoms with Crippen LogP contribution in [0.1, 0.15) is 25.5 Å². The molecule has 2 unspecified atom stereocenters. The summed E-state index contributed by atoms with van der Waals surface area (Å²) in [6.07, 6.45) is -3.09. The number of ether oxygens (including phenoxy) is 2. The van der Waals surface area contributed by atoms with Crippen LogP contribution in [0.25, 0.3) is 10.8 Å². The van der Waals surface area contributed by atoms with Gasteiger partial charge in [0.05, 0.1) is 13.2 Å². The highest BCUT2D eigenvalue weighted by molar-refractivity contribution is 5.89. The van der Waals surface area contributed by atoms with E-state index >= 15 is 0 Å². The van der Waals surface area contributed by atoms with E-state index in [1.54, 1.807) is 13.0 Å². The molecule has 0 aromatic heterocycles. The molecule has 5 nitrogen and oxygen atoms in total. The smallest absolute Gasteiger partial charge is 0.338 e. The fourth-order valence-electron chi connectivity index (χ4n) is 2.38. The lowest BCUT2D eigenvalue weighted by atomic mass is 9.96. The van der Waals surface area contributed by atoms with Crippen molar-refractivity contribution in [1.29, 1.82) is 0 Å². The monoisotopic (exact) mass is 304 g/mol. The molecule has 0 aliphatic carbocycles. The molecule has 0 aliphatic rings. The molecule has 0 radical (unpaired) electrons. The molecule has 0 fully saturated rings. The summed E-state index contributed by atoms with van der Waals surface area (Å²) in [6.45, 7) is 4.01. The molecular weight excluding hydrogens is 284 g/mol. The van der Waals surface area contributed by atoms with Crippen LogP contribution in [0.2, 0.25) is 0 Å². The normalized spacial score (nSPS) is 13.6. The van der Waals surface area contributed by atoms with E-state index in [1.807, 2.05) is 37.3 Å². The molecule has 0 bridgehead atoms. The molecule has 0 heterocycles. The quantitative estimate of drug-likeness (QED) is 0.800. The van der Waals surface area contributed by atoms with Crippen molar-refractivity contribution in [3.63, 3.8) is 0 Å². The number of esters is 1. The summed E-state index contributed by atoms with van der Waals surface area (Å²) < 4.78 is 10.3. The first kappa shape index (κ1) is 16.3. The van der Waals surface area contributed by atoms with Gasteiger partial charge in [0.2, 0.25) is 0 Å². The molecule has 22 heavy (non-hydrogen) atoms. The summed E-state index contributed by atoms with van der Waals surface area (Å²) >= 11 is 0. The Labute approximate surface area is 129 Å². The van der Waals surface area contributed by atoms with E-state index in [9.17, 15) is 15.0 Å². The van der Waals surface area contributed by atoms with Gasteiger partial charge in [0.25, 0.3) is 0 Å².